The maximum atomic E-state index is 12.9. The summed E-state index contributed by atoms with van der Waals surface area (Å²) < 4.78 is 17.4. The molecular weight excluding hydrogens is 885 g/mol. The number of hydrogen-bond acceptors (Lipinski definition) is 5. The molecule has 0 aromatic heterocycles. The maximum Gasteiger partial charge on any atom is 0.306 e. The van der Waals surface area contributed by atoms with Gasteiger partial charge in [0.25, 0.3) is 0 Å². The fraction of sp³-hybridized carbons (Fsp3) is 0.582. The average Bonchev–Trinajstić information content (AvgIpc) is 3.38. The van der Waals surface area contributed by atoms with E-state index in [0.717, 1.165) is 154 Å². The molecule has 0 aliphatic carbocycles. The molecule has 0 aliphatic rings. The molecule has 72 heavy (non-hydrogen) atoms. The van der Waals surface area contributed by atoms with Gasteiger partial charge in [-0.05, 0) is 141 Å². The van der Waals surface area contributed by atoms with Crippen LogP contribution in [0.5, 0.6) is 0 Å². The van der Waals surface area contributed by atoms with E-state index in [1.54, 1.807) is 0 Å². The lowest BCUT2D eigenvalue weighted by atomic mass is 10.1. The molecule has 404 valence electrons. The van der Waals surface area contributed by atoms with Crippen LogP contribution < -0.4 is 0 Å². The van der Waals surface area contributed by atoms with E-state index >= 15 is 0 Å². The van der Waals surface area contributed by atoms with Crippen molar-refractivity contribution in [2.45, 2.75) is 232 Å². The molecule has 0 N–H and O–H groups in total. The van der Waals surface area contributed by atoms with Gasteiger partial charge in [-0.15, -0.1) is 0 Å². The Morgan fingerprint density at radius 2 is 0.583 bits per heavy atom. The third-order valence-electron chi connectivity index (χ3n) is 11.5. The Morgan fingerprint density at radius 1 is 0.306 bits per heavy atom. The van der Waals surface area contributed by atoms with Gasteiger partial charge in [0.1, 0.15) is 6.61 Å². The quantitative estimate of drug-likeness (QED) is 0.0345. The Kier molecular flexibility index (Phi) is 57.0. The van der Waals surface area contributed by atoms with Gasteiger partial charge in [-0.2, -0.15) is 0 Å². The summed E-state index contributed by atoms with van der Waals surface area (Å²) in [5.41, 5.74) is 0. The van der Waals surface area contributed by atoms with Gasteiger partial charge in [0.15, 0.2) is 6.10 Å². The average molecular weight is 992 g/mol. The third kappa shape index (κ3) is 58.1. The second-order valence-electron chi connectivity index (χ2n) is 18.4. The molecule has 1 unspecified atom stereocenters. The first-order valence-electron chi connectivity index (χ1n) is 29.0. The number of allylic oxidation sites excluding steroid dienone is 26. The summed E-state index contributed by atoms with van der Waals surface area (Å²) in [5.74, 6) is -0.464. The van der Waals surface area contributed by atoms with Crippen molar-refractivity contribution in [1.82, 2.24) is 0 Å². The summed E-state index contributed by atoms with van der Waals surface area (Å²) >= 11 is 0. The SMILES string of the molecule is CC/C=C\C/C=C\C/C=C\C/C=C\C/C=C\CCCCOCC(COC(=O)CCCCCCCC/C=C\C/C=C\C/C=C\C/C=C\CC)OC(=O)CCCCCCCC/C=C\C/C=C\C/C=C\C/C=C\CC. The number of ether oxygens (including phenoxy) is 3. The predicted molar refractivity (Wildman–Crippen MR) is 315 cm³/mol. The van der Waals surface area contributed by atoms with Crippen molar-refractivity contribution in [3.63, 3.8) is 0 Å². The van der Waals surface area contributed by atoms with Gasteiger partial charge in [0.05, 0.1) is 6.61 Å². The Bertz CT molecular complexity index is 1590. The van der Waals surface area contributed by atoms with Gasteiger partial charge in [-0.3, -0.25) is 9.59 Å². The largest absolute Gasteiger partial charge is 0.462 e. The summed E-state index contributed by atoms with van der Waals surface area (Å²) in [6, 6.07) is 0. The lowest BCUT2D eigenvalue weighted by Crippen LogP contribution is -2.30. The number of hydrogen-bond donors (Lipinski definition) is 0. The molecule has 0 saturated heterocycles. The number of rotatable bonds is 51. The minimum absolute atomic E-state index is 0.0428. The van der Waals surface area contributed by atoms with Crippen molar-refractivity contribution < 1.29 is 23.8 Å². The van der Waals surface area contributed by atoms with Crippen LogP contribution in [0.4, 0.5) is 0 Å². The molecule has 0 aromatic rings. The van der Waals surface area contributed by atoms with Crippen molar-refractivity contribution in [3.8, 4) is 0 Å². The lowest BCUT2D eigenvalue weighted by Gasteiger charge is -2.18. The molecule has 0 saturated carbocycles. The molecule has 0 bridgehead atoms. The number of unbranched alkanes of at least 4 members (excludes halogenated alkanes) is 14. The summed E-state index contributed by atoms with van der Waals surface area (Å²) in [7, 11) is 0. The van der Waals surface area contributed by atoms with Crippen LogP contribution in [-0.4, -0.2) is 37.9 Å². The lowest BCUT2D eigenvalue weighted by molar-refractivity contribution is -0.163. The van der Waals surface area contributed by atoms with Gasteiger partial charge >= 0.3 is 11.9 Å². The summed E-state index contributed by atoms with van der Waals surface area (Å²) in [5, 5.41) is 0. The highest BCUT2D eigenvalue weighted by Crippen LogP contribution is 2.13. The summed E-state index contributed by atoms with van der Waals surface area (Å²) in [6.07, 6.45) is 89.8. The van der Waals surface area contributed by atoms with Crippen LogP contribution in [0.15, 0.2) is 158 Å². The highest BCUT2D eigenvalue weighted by molar-refractivity contribution is 5.70. The Labute approximate surface area is 444 Å². The van der Waals surface area contributed by atoms with Crippen molar-refractivity contribution in [2.24, 2.45) is 0 Å². The normalized spacial score (nSPS) is 13.4. The summed E-state index contributed by atoms with van der Waals surface area (Å²) in [4.78, 5) is 25.6. The zero-order valence-electron chi connectivity index (χ0n) is 46.4. The highest BCUT2D eigenvalue weighted by atomic mass is 16.6. The molecule has 0 amide bonds. The first-order chi connectivity index (χ1) is 35.6. The number of carbonyl (C=O) groups is 2. The fourth-order valence-electron chi connectivity index (χ4n) is 7.34. The van der Waals surface area contributed by atoms with E-state index in [1.165, 1.54) is 38.5 Å². The Hall–Kier alpha value is -4.48. The van der Waals surface area contributed by atoms with Crippen molar-refractivity contribution in [1.29, 1.82) is 0 Å². The minimum atomic E-state index is -0.587. The Balaban J connectivity index is 4.46. The van der Waals surface area contributed by atoms with Gasteiger partial charge in [-0.1, -0.05) is 230 Å². The molecular formula is C67H106O5. The van der Waals surface area contributed by atoms with Crippen LogP contribution >= 0.6 is 0 Å². The van der Waals surface area contributed by atoms with Crippen LogP contribution in [0.2, 0.25) is 0 Å². The topological polar surface area (TPSA) is 61.8 Å². The second kappa shape index (κ2) is 60.8. The first-order valence-corrected chi connectivity index (χ1v) is 29.0. The molecule has 0 aromatic carbocycles. The smallest absolute Gasteiger partial charge is 0.306 e. The molecule has 0 radical (unpaired) electrons. The van der Waals surface area contributed by atoms with Crippen LogP contribution in [-0.2, 0) is 23.8 Å². The first kappa shape index (κ1) is 67.5. The van der Waals surface area contributed by atoms with Crippen LogP contribution in [0.1, 0.15) is 226 Å². The number of carbonyl (C=O) groups excluding carboxylic acids is 2. The molecule has 1 atom stereocenters. The van der Waals surface area contributed by atoms with E-state index in [4.69, 9.17) is 14.2 Å². The fourth-order valence-corrected chi connectivity index (χ4v) is 7.34. The second-order valence-corrected chi connectivity index (χ2v) is 18.4. The predicted octanol–water partition coefficient (Wildman–Crippen LogP) is 20.2. The molecule has 0 fully saturated rings. The van der Waals surface area contributed by atoms with E-state index in [-0.39, 0.29) is 25.2 Å². The van der Waals surface area contributed by atoms with Gasteiger partial charge in [0.2, 0.25) is 0 Å². The zero-order chi connectivity index (χ0) is 52.0. The van der Waals surface area contributed by atoms with E-state index in [1.807, 2.05) is 0 Å². The molecule has 5 nitrogen and oxygen atoms in total. The van der Waals surface area contributed by atoms with Gasteiger partial charge in [-0.25, -0.2) is 0 Å². The molecule has 0 aliphatic heterocycles. The molecule has 0 spiro atoms. The molecule has 5 heteroatoms. The van der Waals surface area contributed by atoms with Gasteiger partial charge < -0.3 is 14.2 Å². The van der Waals surface area contributed by atoms with E-state index < -0.39 is 6.10 Å². The molecule has 0 heterocycles. The minimum Gasteiger partial charge on any atom is -0.462 e. The van der Waals surface area contributed by atoms with Crippen LogP contribution in [0.3, 0.4) is 0 Å². The maximum absolute atomic E-state index is 12.9. The third-order valence-corrected chi connectivity index (χ3v) is 11.5. The number of esters is 2. The standard InChI is InChI=1S/C67H106O5/c1-4-7-10-13-16-19-22-25-28-31-34-36-39-42-45-48-51-54-57-60-66(68)71-64-65(63-70-62-59-56-53-50-47-44-41-38-33-30-27-24-21-18-15-12-9-6-3)72-67(69)61-58-55-52-49-46-43-40-37-35-32-29-26-23-20-17-14-11-8-5-2/h7-12,16-21,25-30,34-38,41,47,50,65H,4-6,13-15,22-24,31-33,39-40,42-46,48-49,51-64H2,1-3H3/b10-7-,11-8-,12-9-,19-16-,20-17-,21-18-,28-25-,29-26-,30-27-,36-34-,37-35-,41-38-,50-47-. The highest BCUT2D eigenvalue weighted by Gasteiger charge is 2.17. The van der Waals surface area contributed by atoms with Crippen LogP contribution in [0, 0.1) is 0 Å². The van der Waals surface area contributed by atoms with E-state index in [0.29, 0.717) is 19.4 Å². The van der Waals surface area contributed by atoms with Gasteiger partial charge in [0, 0.05) is 19.4 Å². The van der Waals surface area contributed by atoms with Crippen molar-refractivity contribution >= 4 is 11.9 Å². The monoisotopic (exact) mass is 991 g/mol. The van der Waals surface area contributed by atoms with Crippen LogP contribution in [0.25, 0.3) is 0 Å². The summed E-state index contributed by atoms with van der Waals surface area (Å²) in [6.45, 7) is 7.34. The molecule has 0 rings (SSSR count). The zero-order valence-corrected chi connectivity index (χ0v) is 46.4. The van der Waals surface area contributed by atoms with Crippen molar-refractivity contribution in [3.05, 3.63) is 158 Å². The van der Waals surface area contributed by atoms with E-state index in [2.05, 4.69) is 179 Å². The van der Waals surface area contributed by atoms with E-state index in [9.17, 15) is 9.59 Å². The van der Waals surface area contributed by atoms with Crippen molar-refractivity contribution in [2.75, 3.05) is 19.8 Å². The Morgan fingerprint density at radius 3 is 0.931 bits per heavy atom.